The van der Waals surface area contributed by atoms with Gasteiger partial charge in [0, 0.05) is 5.56 Å². The third-order valence-electron chi connectivity index (χ3n) is 8.85. The van der Waals surface area contributed by atoms with Gasteiger partial charge in [-0.15, -0.1) is 0 Å². The van der Waals surface area contributed by atoms with Gasteiger partial charge in [-0.05, 0) is 54.2 Å². The molecule has 2 aliphatic rings. The van der Waals surface area contributed by atoms with Gasteiger partial charge in [0.25, 0.3) is 11.8 Å². The van der Waals surface area contributed by atoms with Crippen LogP contribution in [-0.2, 0) is 24.5 Å². The highest BCUT2D eigenvalue weighted by Gasteiger charge is 2.57. The van der Waals surface area contributed by atoms with Crippen LogP contribution in [-0.4, -0.2) is 52.9 Å². The minimum Gasteiger partial charge on any atom is -0.369 e. The molecule has 5 aromatic rings. The van der Waals surface area contributed by atoms with E-state index < -0.39 is 47.6 Å². The third-order valence-corrected chi connectivity index (χ3v) is 9.72. The Labute approximate surface area is 299 Å². The molecular formula is C39H37N5O6S. The summed E-state index contributed by atoms with van der Waals surface area (Å²) in [4.78, 5) is 29.9. The molecule has 7 rings (SSSR count). The van der Waals surface area contributed by atoms with Gasteiger partial charge in [0.15, 0.2) is 5.79 Å². The first-order valence-corrected chi connectivity index (χ1v) is 17.3. The zero-order valence-electron chi connectivity index (χ0n) is 28.0. The van der Waals surface area contributed by atoms with E-state index in [1.165, 1.54) is 0 Å². The number of guanidine groups is 1. The number of nitrogens with zero attached hydrogens (tertiary/aromatic N) is 2. The van der Waals surface area contributed by atoms with Crippen LogP contribution >= 0.6 is 11.5 Å². The molecule has 12 heteroatoms. The Morgan fingerprint density at radius 1 is 0.824 bits per heavy atom. The number of ether oxygens (including phenoxy) is 4. The van der Waals surface area contributed by atoms with Crippen LogP contribution in [0.4, 0.5) is 5.69 Å². The molecule has 2 aliphatic heterocycles. The quantitative estimate of drug-likeness (QED) is 0.0965. The second-order valence-electron chi connectivity index (χ2n) is 12.7. The van der Waals surface area contributed by atoms with E-state index in [2.05, 4.69) is 14.7 Å². The second kappa shape index (κ2) is 14.2. The number of carbonyl (C=O) groups is 2. The average Bonchev–Trinajstić information content (AvgIpc) is 3.80. The Bertz CT molecular complexity index is 1930. The van der Waals surface area contributed by atoms with Crippen molar-refractivity contribution in [2.45, 2.75) is 49.7 Å². The average molecular weight is 704 g/mol. The molecule has 2 fully saturated rings. The van der Waals surface area contributed by atoms with Crippen LogP contribution in [0.15, 0.2) is 126 Å². The lowest BCUT2D eigenvalue weighted by molar-refractivity contribution is -0.196. The smallest absolute Gasteiger partial charge is 0.262 e. The first-order valence-electron chi connectivity index (χ1n) is 16.5. The van der Waals surface area contributed by atoms with E-state index in [1.54, 1.807) is 30.3 Å². The minimum absolute atomic E-state index is 0.0520. The Hall–Kier alpha value is -5.24. The van der Waals surface area contributed by atoms with E-state index in [9.17, 15) is 9.59 Å². The molecule has 3 heterocycles. The molecule has 4 atom stereocenters. The van der Waals surface area contributed by atoms with E-state index in [0.717, 1.165) is 28.2 Å². The zero-order valence-corrected chi connectivity index (χ0v) is 28.8. The van der Waals surface area contributed by atoms with Crippen molar-refractivity contribution in [3.63, 3.8) is 0 Å². The zero-order chi connectivity index (χ0) is 35.6. The highest BCUT2D eigenvalue weighted by atomic mass is 32.1. The largest absolute Gasteiger partial charge is 0.369 e. The molecular weight excluding hydrogens is 667 g/mol. The first-order chi connectivity index (χ1) is 24.7. The number of nitrogens with one attached hydrogen (secondary N) is 1. The summed E-state index contributed by atoms with van der Waals surface area (Å²) in [5.41, 5.74) is 14.5. The van der Waals surface area contributed by atoms with Crippen molar-refractivity contribution in [1.82, 2.24) is 9.69 Å². The van der Waals surface area contributed by atoms with Crippen LogP contribution in [0.3, 0.4) is 0 Å². The number of benzene rings is 4. The van der Waals surface area contributed by atoms with Crippen LogP contribution in [0.2, 0.25) is 0 Å². The summed E-state index contributed by atoms with van der Waals surface area (Å²) in [6.07, 6.45) is -2.70. The summed E-state index contributed by atoms with van der Waals surface area (Å²) >= 11 is 0.866. The molecule has 51 heavy (non-hydrogen) atoms. The van der Waals surface area contributed by atoms with Crippen LogP contribution in [0.5, 0.6) is 0 Å². The van der Waals surface area contributed by atoms with E-state index in [0.29, 0.717) is 5.56 Å². The maximum Gasteiger partial charge on any atom is 0.262 e. The Morgan fingerprint density at radius 2 is 1.33 bits per heavy atom. The highest BCUT2D eigenvalue weighted by molar-refractivity contribution is 7.08. The molecule has 0 saturated carbocycles. The lowest BCUT2D eigenvalue weighted by atomic mass is 9.80. The standard InChI is InChI=1S/C39H37N5O6S/c1-38(2)49-31-28(23-47-39(25-17-9-4-10-18-25,26-19-11-5-12-20-26)27-21-13-6-14-22-27)48-32(33(31)50-38)29-30(34(35(40)45)51-44-29)42-37(41)43-36(46)24-15-7-3-8-16-24/h3-22,28,31-33H,23H2,1-2H3,(H2,40,45)(H3,41,42,43,46)/t28-,31-,32?,33-/m1/s1. The van der Waals surface area contributed by atoms with E-state index in [4.69, 9.17) is 30.4 Å². The number of hydrogen-bond acceptors (Lipinski definition) is 9. The number of amides is 2. The molecule has 5 N–H and O–H groups in total. The number of fused-ring (bicyclic) bond motifs is 1. The molecule has 0 aliphatic carbocycles. The maximum atomic E-state index is 12.8. The van der Waals surface area contributed by atoms with Crippen LogP contribution < -0.4 is 16.8 Å². The molecule has 0 spiro atoms. The van der Waals surface area contributed by atoms with Gasteiger partial charge in [-0.25, -0.2) is 4.99 Å². The van der Waals surface area contributed by atoms with Crippen molar-refractivity contribution >= 4 is 35.0 Å². The van der Waals surface area contributed by atoms with Crippen LogP contribution in [0.25, 0.3) is 0 Å². The fraction of sp³-hybridized carbons (Fsp3) is 0.231. The van der Waals surface area contributed by atoms with E-state index in [-0.39, 0.29) is 28.8 Å². The molecule has 2 amide bonds. The summed E-state index contributed by atoms with van der Waals surface area (Å²) in [5.74, 6) is -2.43. The number of hydrogen-bond donors (Lipinski definition) is 3. The van der Waals surface area contributed by atoms with Crippen LogP contribution in [0, 0.1) is 0 Å². The van der Waals surface area contributed by atoms with Crippen LogP contribution in [0.1, 0.15) is 62.4 Å². The Morgan fingerprint density at radius 3 is 1.86 bits per heavy atom. The Kier molecular flexibility index (Phi) is 9.51. The molecule has 2 saturated heterocycles. The first kappa shape index (κ1) is 34.2. The summed E-state index contributed by atoms with van der Waals surface area (Å²) in [6, 6.07) is 38.7. The van der Waals surface area contributed by atoms with E-state index in [1.807, 2.05) is 105 Å². The van der Waals surface area contributed by atoms with Gasteiger partial charge in [0.1, 0.15) is 46.3 Å². The maximum absolute atomic E-state index is 12.8. The number of primary amides is 1. The van der Waals surface area contributed by atoms with Crippen molar-refractivity contribution in [3.05, 3.63) is 154 Å². The van der Waals surface area contributed by atoms with Gasteiger partial charge in [0.05, 0.1) is 6.61 Å². The lowest BCUT2D eigenvalue weighted by Gasteiger charge is -2.37. The number of carbonyl (C=O) groups excluding carboxylic acids is 2. The molecule has 260 valence electrons. The van der Waals surface area contributed by atoms with Gasteiger partial charge >= 0.3 is 0 Å². The van der Waals surface area contributed by atoms with Gasteiger partial charge in [-0.1, -0.05) is 109 Å². The SMILES string of the molecule is CC1(C)O[C@@H]2[C@@H](COC(c3ccccc3)(c3ccccc3)c3ccccc3)OC(c3nsc(C(N)=O)c3N=C(N)NC(=O)c3ccccc3)[C@@H]2O1. The van der Waals surface area contributed by atoms with Crippen molar-refractivity contribution in [3.8, 4) is 0 Å². The topological polar surface area (TPSA) is 160 Å². The summed E-state index contributed by atoms with van der Waals surface area (Å²) in [6.45, 7) is 3.75. The monoisotopic (exact) mass is 703 g/mol. The van der Waals surface area contributed by atoms with E-state index >= 15 is 0 Å². The minimum atomic E-state index is -1.00. The van der Waals surface area contributed by atoms with Crippen molar-refractivity contribution in [1.29, 1.82) is 0 Å². The van der Waals surface area contributed by atoms with Crippen molar-refractivity contribution < 1.29 is 28.5 Å². The molecule has 0 radical (unpaired) electrons. The number of aliphatic imine (C=N–C) groups is 1. The van der Waals surface area contributed by atoms with Gasteiger partial charge < -0.3 is 30.4 Å². The predicted molar refractivity (Wildman–Crippen MR) is 192 cm³/mol. The molecule has 1 unspecified atom stereocenters. The lowest BCUT2D eigenvalue weighted by Crippen LogP contribution is -2.39. The number of nitrogens with two attached hydrogens (primary N) is 2. The van der Waals surface area contributed by atoms with Crippen molar-refractivity contribution in [2.75, 3.05) is 6.61 Å². The fourth-order valence-corrected chi connectivity index (χ4v) is 7.40. The normalized spacial score (nSPS) is 21.3. The predicted octanol–water partition coefficient (Wildman–Crippen LogP) is 5.59. The molecule has 11 nitrogen and oxygen atoms in total. The highest BCUT2D eigenvalue weighted by Crippen LogP contribution is 2.49. The molecule has 0 bridgehead atoms. The third kappa shape index (κ3) is 6.79. The number of aromatic nitrogens is 1. The van der Waals surface area contributed by atoms with Gasteiger partial charge in [-0.2, -0.15) is 4.37 Å². The summed E-state index contributed by atoms with van der Waals surface area (Å²) < 4.78 is 31.2. The summed E-state index contributed by atoms with van der Waals surface area (Å²) in [7, 11) is 0. The summed E-state index contributed by atoms with van der Waals surface area (Å²) in [5, 5.41) is 2.57. The van der Waals surface area contributed by atoms with Crippen molar-refractivity contribution in [2.24, 2.45) is 16.5 Å². The fourth-order valence-electron chi connectivity index (χ4n) is 6.69. The van der Waals surface area contributed by atoms with Gasteiger partial charge in [-0.3, -0.25) is 14.9 Å². The number of rotatable bonds is 10. The second-order valence-corrected chi connectivity index (χ2v) is 13.5. The molecule has 4 aromatic carbocycles. The Balaban J connectivity index is 1.24. The van der Waals surface area contributed by atoms with Gasteiger partial charge in [0.2, 0.25) is 5.96 Å². The molecule has 1 aromatic heterocycles.